The molecule has 0 aliphatic carbocycles. The van der Waals surface area contributed by atoms with E-state index in [1.807, 2.05) is 41.8 Å². The normalized spacial score (nSPS) is 11.9. The fourth-order valence-electron chi connectivity index (χ4n) is 6.80. The Morgan fingerprint density at radius 2 is 1.36 bits per heavy atom. The van der Waals surface area contributed by atoms with Gasteiger partial charge < -0.3 is 9.97 Å². The van der Waals surface area contributed by atoms with Crippen molar-refractivity contribution in [2.24, 2.45) is 0 Å². The van der Waals surface area contributed by atoms with Crippen LogP contribution in [0.3, 0.4) is 0 Å². The summed E-state index contributed by atoms with van der Waals surface area (Å²) in [6.45, 7) is 13.9. The van der Waals surface area contributed by atoms with Gasteiger partial charge in [-0.05, 0) is 73.0 Å². The molecule has 0 spiro atoms. The first-order valence-electron chi connectivity index (χ1n) is 18.1. The van der Waals surface area contributed by atoms with Crippen LogP contribution < -0.4 is 5.19 Å². The second-order valence-corrected chi connectivity index (χ2v) is 20.8. The monoisotopic (exact) mass is 901 g/mol. The predicted molar refractivity (Wildman–Crippen MR) is 226 cm³/mol. The van der Waals surface area contributed by atoms with Crippen molar-refractivity contribution in [2.45, 2.75) is 52.2 Å². The minimum Gasteiger partial charge on any atom is -0.305 e. The van der Waals surface area contributed by atoms with Gasteiger partial charge in [-0.1, -0.05) is 130 Å². The molecule has 0 bridgehead atoms. The topological polar surface area (TPSA) is 25.8 Å². The van der Waals surface area contributed by atoms with Crippen molar-refractivity contribution in [3.05, 3.63) is 175 Å². The van der Waals surface area contributed by atoms with Crippen LogP contribution in [-0.4, -0.2) is 18.0 Å². The maximum absolute atomic E-state index is 4.75. The summed E-state index contributed by atoms with van der Waals surface area (Å²) >= 11 is 1.83. The van der Waals surface area contributed by atoms with Crippen LogP contribution in [0.25, 0.3) is 53.8 Å². The van der Waals surface area contributed by atoms with E-state index in [2.05, 4.69) is 173 Å². The zero-order chi connectivity index (χ0) is 36.2. The molecule has 267 valence electrons. The molecule has 5 heteroatoms. The molecule has 8 rings (SSSR count). The van der Waals surface area contributed by atoms with Crippen LogP contribution in [-0.2, 0) is 20.1 Å². The molecule has 1 atom stereocenters. The Hall–Kier alpha value is -4.51. The maximum atomic E-state index is 4.75. The number of hydrogen-bond donors (Lipinski definition) is 0. The molecule has 2 nitrogen and oxygen atoms in total. The van der Waals surface area contributed by atoms with E-state index < -0.39 is 8.07 Å². The zero-order valence-corrected chi connectivity index (χ0v) is 35.4. The number of nitrogens with zero attached hydrogens (tertiary/aromatic N) is 2. The van der Waals surface area contributed by atoms with Gasteiger partial charge in [0.05, 0.1) is 8.07 Å². The van der Waals surface area contributed by atoms with Crippen molar-refractivity contribution in [1.82, 2.24) is 9.97 Å². The molecule has 5 aromatic carbocycles. The second kappa shape index (κ2) is 16.7. The predicted octanol–water partition coefficient (Wildman–Crippen LogP) is 13.0. The number of fused-ring (bicyclic) bond motifs is 3. The fraction of sp³-hybridized carbons (Fsp3) is 0.167. The molecular weight excluding hydrogens is 857 g/mol. The van der Waals surface area contributed by atoms with Crippen molar-refractivity contribution < 1.29 is 20.1 Å². The minimum absolute atomic E-state index is 0. The van der Waals surface area contributed by atoms with Gasteiger partial charge in [-0.2, -0.15) is 11.3 Å². The van der Waals surface area contributed by atoms with E-state index in [1.165, 1.54) is 53.2 Å². The molecule has 8 aromatic rings. The fourth-order valence-corrected chi connectivity index (χ4v) is 9.67. The van der Waals surface area contributed by atoms with Gasteiger partial charge in [0.15, 0.2) is 0 Å². The minimum atomic E-state index is -1.34. The van der Waals surface area contributed by atoms with E-state index in [9.17, 15) is 0 Å². The quantitative estimate of drug-likeness (QED) is 0.118. The van der Waals surface area contributed by atoms with Crippen molar-refractivity contribution in [1.29, 1.82) is 0 Å². The van der Waals surface area contributed by atoms with Gasteiger partial charge in [0, 0.05) is 43.1 Å². The average Bonchev–Trinajstić information content (AvgIpc) is 3.56. The van der Waals surface area contributed by atoms with Crippen LogP contribution in [0.15, 0.2) is 146 Å². The Kier molecular flexibility index (Phi) is 12.0. The maximum Gasteiger partial charge on any atom is 0.0799 e. The molecule has 1 unspecified atom stereocenters. The van der Waals surface area contributed by atoms with E-state index in [0.717, 1.165) is 22.5 Å². The Morgan fingerprint density at radius 1 is 0.623 bits per heavy atom. The summed E-state index contributed by atoms with van der Waals surface area (Å²) in [5, 5.41) is 4.03. The van der Waals surface area contributed by atoms with E-state index in [0.29, 0.717) is 11.8 Å². The molecule has 3 aromatic heterocycles. The molecule has 53 heavy (non-hydrogen) atoms. The van der Waals surface area contributed by atoms with Crippen LogP contribution >= 0.6 is 11.3 Å². The molecule has 0 saturated heterocycles. The molecule has 0 aliphatic rings. The van der Waals surface area contributed by atoms with E-state index in [-0.39, 0.29) is 20.1 Å². The first-order valence-corrected chi connectivity index (χ1v) is 22.4. The molecular formula is C48H44IrN2SSi-2. The largest absolute Gasteiger partial charge is 0.305 e. The van der Waals surface area contributed by atoms with Crippen molar-refractivity contribution >= 4 is 44.8 Å². The van der Waals surface area contributed by atoms with Gasteiger partial charge >= 0.3 is 0 Å². The first kappa shape index (κ1) is 38.2. The average molecular weight is 901 g/mol. The van der Waals surface area contributed by atoms with Gasteiger partial charge in [0.1, 0.15) is 0 Å². The third-order valence-electron chi connectivity index (χ3n) is 9.73. The number of rotatable bonds is 7. The van der Waals surface area contributed by atoms with Crippen molar-refractivity contribution in [3.8, 4) is 33.6 Å². The standard InChI is InChI=1S/C31H22NS.C17H22NSi.Ir/c1-21(22-9-4-2-5-10-22)24-17-18-32-29(20-24)27-14-8-13-26-28-19-25(23-11-6-3-7-12-23)15-16-30(28)33-31(26)27;1-13(2)15-11-16(14-9-7-6-8-10-14)18-12-17(15)19(3,4)5;/h2-13,15-21H,1H3;6-9,11-13H,1-5H3;/q2*-1;. The summed E-state index contributed by atoms with van der Waals surface area (Å²) in [5.74, 6) is 0.843. The number of thiophene rings is 1. The van der Waals surface area contributed by atoms with E-state index >= 15 is 0 Å². The van der Waals surface area contributed by atoms with Gasteiger partial charge in [-0.3, -0.25) is 0 Å². The van der Waals surface area contributed by atoms with Crippen LogP contribution in [0.4, 0.5) is 0 Å². The summed E-state index contributed by atoms with van der Waals surface area (Å²) in [4.78, 5) is 9.41. The summed E-state index contributed by atoms with van der Waals surface area (Å²) in [6.07, 6.45) is 4.02. The Labute approximate surface area is 333 Å². The molecule has 3 heterocycles. The molecule has 0 amide bonds. The second-order valence-electron chi connectivity index (χ2n) is 14.7. The zero-order valence-electron chi connectivity index (χ0n) is 31.1. The smallest absolute Gasteiger partial charge is 0.0799 e. The first-order chi connectivity index (χ1) is 25.2. The Bertz CT molecular complexity index is 2430. The summed E-state index contributed by atoms with van der Waals surface area (Å²) in [5.41, 5.74) is 10.7. The van der Waals surface area contributed by atoms with Crippen LogP contribution in [0, 0.1) is 12.1 Å². The van der Waals surface area contributed by atoms with Crippen LogP contribution in [0.1, 0.15) is 49.3 Å². The van der Waals surface area contributed by atoms with Crippen LogP contribution in [0.2, 0.25) is 19.6 Å². The van der Waals surface area contributed by atoms with Crippen molar-refractivity contribution in [2.75, 3.05) is 0 Å². The molecule has 0 aliphatic heterocycles. The van der Waals surface area contributed by atoms with Gasteiger partial charge in [-0.25, -0.2) is 0 Å². The third-order valence-corrected chi connectivity index (χ3v) is 13.0. The van der Waals surface area contributed by atoms with Gasteiger partial charge in [0.2, 0.25) is 0 Å². The molecule has 1 radical (unpaired) electrons. The molecule has 0 saturated carbocycles. The summed E-state index contributed by atoms with van der Waals surface area (Å²) < 4.78 is 2.54. The molecule has 0 fully saturated rings. The number of pyridine rings is 2. The SMILES string of the molecule is CC(C)c1cc(-c2[c-]cccc2)ncc1[Si](C)(C)C.CC(c1ccccc1)c1ccnc(-c2[c-]ccc3c2sc2ccc(-c4ccccc4)cc23)c1.[Ir]. The van der Waals surface area contributed by atoms with E-state index in [4.69, 9.17) is 4.98 Å². The van der Waals surface area contributed by atoms with E-state index in [1.54, 1.807) is 0 Å². The van der Waals surface area contributed by atoms with Gasteiger partial charge in [0.25, 0.3) is 0 Å². The Morgan fingerprint density at radius 3 is 2.06 bits per heavy atom. The molecule has 0 N–H and O–H groups in total. The Balaban J connectivity index is 0.000000206. The third kappa shape index (κ3) is 8.50. The van der Waals surface area contributed by atoms with Gasteiger partial charge in [-0.15, -0.1) is 59.7 Å². The number of benzene rings is 5. The van der Waals surface area contributed by atoms with Crippen LogP contribution in [0.5, 0.6) is 0 Å². The number of hydrogen-bond acceptors (Lipinski definition) is 3. The summed E-state index contributed by atoms with van der Waals surface area (Å²) in [6, 6.07) is 53.6. The summed E-state index contributed by atoms with van der Waals surface area (Å²) in [7, 11) is -1.34. The van der Waals surface area contributed by atoms with Crippen molar-refractivity contribution in [3.63, 3.8) is 0 Å². The number of aromatic nitrogens is 2.